The molecular weight excluding hydrogens is 464 g/mol. The van der Waals surface area contributed by atoms with E-state index < -0.39 is 5.97 Å². The lowest BCUT2D eigenvalue weighted by Crippen LogP contribution is -2.40. The van der Waals surface area contributed by atoms with E-state index in [1.807, 2.05) is 30.3 Å². The van der Waals surface area contributed by atoms with Crippen LogP contribution in [0.5, 0.6) is 0 Å². The van der Waals surface area contributed by atoms with Gasteiger partial charge in [-0.05, 0) is 37.5 Å². The first-order valence-corrected chi connectivity index (χ1v) is 14.4. The molecule has 202 valence electrons. The summed E-state index contributed by atoms with van der Waals surface area (Å²) in [4.78, 5) is 38.5. The molecule has 6 heteroatoms. The van der Waals surface area contributed by atoms with Crippen molar-refractivity contribution in [2.24, 2.45) is 0 Å². The number of hydrogen-bond donors (Lipinski definition) is 2. The smallest absolute Gasteiger partial charge is 0.303 e. The van der Waals surface area contributed by atoms with E-state index in [9.17, 15) is 14.4 Å². The van der Waals surface area contributed by atoms with Crippen LogP contribution >= 0.6 is 0 Å². The number of aliphatic carboxylic acids is 1. The normalized spacial score (nSPS) is 12.9. The summed E-state index contributed by atoms with van der Waals surface area (Å²) >= 11 is 0. The number of imide groups is 1. The zero-order valence-corrected chi connectivity index (χ0v) is 22.5. The number of benzene rings is 2. The number of rotatable bonds is 19. The van der Waals surface area contributed by atoms with Gasteiger partial charge >= 0.3 is 5.97 Å². The maximum absolute atomic E-state index is 13.3. The first kappa shape index (κ1) is 28.7. The number of anilines is 1. The van der Waals surface area contributed by atoms with Gasteiger partial charge in [-0.2, -0.15) is 0 Å². The Balaban J connectivity index is 1.49. The fourth-order valence-electron chi connectivity index (χ4n) is 5.24. The summed E-state index contributed by atoms with van der Waals surface area (Å²) in [6.07, 6.45) is 15.5. The zero-order valence-electron chi connectivity index (χ0n) is 22.5. The van der Waals surface area contributed by atoms with Crippen LogP contribution in [0, 0.1) is 0 Å². The summed E-state index contributed by atoms with van der Waals surface area (Å²) in [6, 6.07) is 9.63. The molecule has 0 saturated heterocycles. The average molecular weight is 509 g/mol. The van der Waals surface area contributed by atoms with Gasteiger partial charge in [-0.3, -0.25) is 19.3 Å². The number of carboxylic acids is 1. The molecule has 0 atom stereocenters. The monoisotopic (exact) mass is 508 g/mol. The molecule has 0 saturated carbocycles. The van der Waals surface area contributed by atoms with E-state index >= 15 is 0 Å². The van der Waals surface area contributed by atoms with Gasteiger partial charge in [0, 0.05) is 47.1 Å². The number of carboxylic acid groups (broad SMARTS) is 1. The molecule has 0 spiro atoms. The van der Waals surface area contributed by atoms with Gasteiger partial charge in [-0.25, -0.2) is 0 Å². The molecule has 6 nitrogen and oxygen atoms in total. The third-order valence-corrected chi connectivity index (χ3v) is 7.36. The molecule has 2 N–H and O–H groups in total. The quantitative estimate of drug-likeness (QED) is 0.149. The minimum Gasteiger partial charge on any atom is -0.481 e. The largest absolute Gasteiger partial charge is 0.481 e. The molecule has 0 unspecified atom stereocenters. The fourth-order valence-corrected chi connectivity index (χ4v) is 5.24. The predicted molar refractivity (Wildman–Crippen MR) is 150 cm³/mol. The summed E-state index contributed by atoms with van der Waals surface area (Å²) in [5.41, 5.74) is 2.24. The minimum atomic E-state index is -0.721. The van der Waals surface area contributed by atoms with Gasteiger partial charge < -0.3 is 10.4 Å². The lowest BCUT2D eigenvalue weighted by Gasteiger charge is -2.28. The lowest BCUT2D eigenvalue weighted by atomic mass is 9.92. The summed E-state index contributed by atoms with van der Waals surface area (Å²) < 4.78 is 0. The highest BCUT2D eigenvalue weighted by molar-refractivity contribution is 6.26. The van der Waals surface area contributed by atoms with Crippen molar-refractivity contribution in [1.29, 1.82) is 0 Å². The highest BCUT2D eigenvalue weighted by Crippen LogP contribution is 2.34. The van der Waals surface area contributed by atoms with Gasteiger partial charge in [0.1, 0.15) is 0 Å². The van der Waals surface area contributed by atoms with Crippen LogP contribution in [0.4, 0.5) is 5.69 Å². The molecule has 1 aliphatic heterocycles. The van der Waals surface area contributed by atoms with Crippen molar-refractivity contribution in [3.63, 3.8) is 0 Å². The van der Waals surface area contributed by atoms with E-state index in [2.05, 4.69) is 12.2 Å². The van der Waals surface area contributed by atoms with E-state index in [0.717, 1.165) is 80.8 Å². The first-order valence-electron chi connectivity index (χ1n) is 14.4. The first-order chi connectivity index (χ1) is 18.0. The second kappa shape index (κ2) is 15.4. The molecule has 0 fully saturated rings. The van der Waals surface area contributed by atoms with E-state index in [1.54, 1.807) is 0 Å². The molecule has 2 amide bonds. The van der Waals surface area contributed by atoms with Crippen LogP contribution in [0.25, 0.3) is 10.8 Å². The van der Waals surface area contributed by atoms with Crippen LogP contribution in [0.1, 0.15) is 124 Å². The molecular formula is C31H44N2O4. The van der Waals surface area contributed by atoms with Crippen molar-refractivity contribution in [3.8, 4) is 0 Å². The van der Waals surface area contributed by atoms with Gasteiger partial charge in [-0.15, -0.1) is 0 Å². The van der Waals surface area contributed by atoms with Gasteiger partial charge in [0.05, 0.1) is 0 Å². The van der Waals surface area contributed by atoms with Crippen molar-refractivity contribution in [2.75, 3.05) is 18.4 Å². The SMILES string of the molecule is CCCCCCCCNc1ccc2c3c(cccc13)C(=O)N(CCCCCCCCCCC(=O)O)C2=O. The summed E-state index contributed by atoms with van der Waals surface area (Å²) in [5, 5.41) is 13.9. The second-order valence-corrected chi connectivity index (χ2v) is 10.3. The maximum Gasteiger partial charge on any atom is 0.303 e. The number of hydrogen-bond acceptors (Lipinski definition) is 4. The van der Waals surface area contributed by atoms with Gasteiger partial charge in [0.15, 0.2) is 0 Å². The van der Waals surface area contributed by atoms with E-state index in [-0.39, 0.29) is 18.2 Å². The molecule has 3 rings (SSSR count). The zero-order chi connectivity index (χ0) is 26.5. The number of unbranched alkanes of at least 4 members (excludes halogenated alkanes) is 12. The molecule has 1 aliphatic rings. The minimum absolute atomic E-state index is 0.186. The molecule has 0 aromatic heterocycles. The topological polar surface area (TPSA) is 86.7 Å². The highest BCUT2D eigenvalue weighted by Gasteiger charge is 2.32. The van der Waals surface area contributed by atoms with Crippen molar-refractivity contribution < 1.29 is 19.5 Å². The van der Waals surface area contributed by atoms with Crippen molar-refractivity contribution in [2.45, 2.75) is 103 Å². The molecule has 0 bridgehead atoms. The standard InChI is InChI=1S/C31H44N2O4/c1-2-3-4-5-11-14-22-32-27-21-20-26-29-24(27)17-16-18-25(29)30(36)33(31(26)37)23-15-12-9-7-6-8-10-13-19-28(34)35/h16-18,20-21,32H,2-15,19,22-23H2,1H3,(H,34,35). The average Bonchev–Trinajstić information content (AvgIpc) is 2.89. The molecule has 2 aromatic rings. The Morgan fingerprint density at radius 3 is 2.03 bits per heavy atom. The van der Waals surface area contributed by atoms with Gasteiger partial charge in [-0.1, -0.05) is 89.7 Å². The summed E-state index contributed by atoms with van der Waals surface area (Å²) in [7, 11) is 0. The van der Waals surface area contributed by atoms with Crippen molar-refractivity contribution in [1.82, 2.24) is 4.90 Å². The van der Waals surface area contributed by atoms with Crippen molar-refractivity contribution in [3.05, 3.63) is 41.5 Å². The lowest BCUT2D eigenvalue weighted by molar-refractivity contribution is -0.137. The highest BCUT2D eigenvalue weighted by atomic mass is 16.4. The predicted octanol–water partition coefficient (Wildman–Crippen LogP) is 7.80. The third-order valence-electron chi connectivity index (χ3n) is 7.36. The van der Waals surface area contributed by atoms with E-state index in [0.29, 0.717) is 17.7 Å². The Morgan fingerprint density at radius 1 is 0.757 bits per heavy atom. The Morgan fingerprint density at radius 2 is 1.35 bits per heavy atom. The third kappa shape index (κ3) is 8.31. The Hall–Kier alpha value is -2.89. The molecule has 2 aromatic carbocycles. The summed E-state index contributed by atoms with van der Waals surface area (Å²) in [6.45, 7) is 3.57. The Kier molecular flexibility index (Phi) is 11.9. The van der Waals surface area contributed by atoms with Crippen LogP contribution < -0.4 is 5.32 Å². The molecule has 0 radical (unpaired) electrons. The van der Waals surface area contributed by atoms with Crippen molar-refractivity contribution >= 4 is 34.2 Å². The molecule has 1 heterocycles. The molecule has 37 heavy (non-hydrogen) atoms. The maximum atomic E-state index is 13.3. The van der Waals surface area contributed by atoms with Crippen LogP contribution in [-0.4, -0.2) is 40.9 Å². The fraction of sp³-hybridized carbons (Fsp3) is 0.581. The van der Waals surface area contributed by atoms with Gasteiger partial charge in [0.25, 0.3) is 11.8 Å². The van der Waals surface area contributed by atoms with Crippen LogP contribution in [0.2, 0.25) is 0 Å². The Labute approximate surface area is 221 Å². The number of amides is 2. The van der Waals surface area contributed by atoms with Gasteiger partial charge in [0.2, 0.25) is 0 Å². The number of nitrogens with one attached hydrogen (secondary N) is 1. The molecule has 0 aliphatic carbocycles. The van der Waals surface area contributed by atoms with Crippen LogP contribution in [0.3, 0.4) is 0 Å². The van der Waals surface area contributed by atoms with Crippen LogP contribution in [-0.2, 0) is 4.79 Å². The van der Waals surface area contributed by atoms with E-state index in [4.69, 9.17) is 5.11 Å². The second-order valence-electron chi connectivity index (χ2n) is 10.3. The number of nitrogens with zero attached hydrogens (tertiary/aromatic N) is 1. The Bertz CT molecular complexity index is 1030. The van der Waals surface area contributed by atoms with E-state index in [1.165, 1.54) is 37.0 Å². The number of carbonyl (C=O) groups excluding carboxylic acids is 2. The summed E-state index contributed by atoms with van der Waals surface area (Å²) in [5.74, 6) is -1.09. The number of carbonyl (C=O) groups is 3. The van der Waals surface area contributed by atoms with Crippen LogP contribution in [0.15, 0.2) is 30.3 Å².